The molecule has 4 N–H and O–H groups in total. The number of rotatable bonds is 3. The van der Waals surface area contributed by atoms with Crippen LogP contribution in [0.1, 0.15) is 20.8 Å². The standard InChI is InChI=1S/C9H19NO4/c1-5(2)10-9(3)8(13)7(12)6(4-11)14-9/h5-8,10-13H,4H2,1-3H3/t6-,7-,8+,9?/m1/s1. The number of ether oxygens (including phenoxy) is 1. The van der Waals surface area contributed by atoms with E-state index in [-0.39, 0.29) is 12.6 Å². The van der Waals surface area contributed by atoms with Crippen LogP contribution in [0, 0.1) is 0 Å². The van der Waals surface area contributed by atoms with E-state index in [1.165, 1.54) is 0 Å². The highest BCUT2D eigenvalue weighted by molar-refractivity contribution is 4.98. The third-order valence-corrected chi connectivity index (χ3v) is 2.42. The molecule has 5 nitrogen and oxygen atoms in total. The van der Waals surface area contributed by atoms with Crippen LogP contribution in [0.3, 0.4) is 0 Å². The van der Waals surface area contributed by atoms with Crippen LogP contribution in [0.2, 0.25) is 0 Å². The van der Waals surface area contributed by atoms with E-state index in [0.29, 0.717) is 0 Å². The fourth-order valence-corrected chi connectivity index (χ4v) is 1.82. The van der Waals surface area contributed by atoms with Crippen molar-refractivity contribution in [1.82, 2.24) is 5.32 Å². The van der Waals surface area contributed by atoms with Gasteiger partial charge in [0.2, 0.25) is 0 Å². The lowest BCUT2D eigenvalue weighted by atomic mass is 10.0. The van der Waals surface area contributed by atoms with Crippen LogP contribution in [0.25, 0.3) is 0 Å². The molecule has 1 heterocycles. The number of nitrogens with one attached hydrogen (secondary N) is 1. The average Bonchev–Trinajstić information content (AvgIpc) is 2.29. The topological polar surface area (TPSA) is 82.0 Å². The Bertz CT molecular complexity index is 199. The monoisotopic (exact) mass is 205 g/mol. The van der Waals surface area contributed by atoms with Gasteiger partial charge in [0.1, 0.15) is 24.0 Å². The first-order valence-corrected chi connectivity index (χ1v) is 4.83. The molecule has 0 aromatic heterocycles. The molecule has 1 aliphatic heterocycles. The molecule has 0 aromatic carbocycles. The maximum absolute atomic E-state index is 9.72. The first-order chi connectivity index (χ1) is 6.40. The van der Waals surface area contributed by atoms with Crippen LogP contribution in [-0.4, -0.2) is 52.0 Å². The van der Waals surface area contributed by atoms with Gasteiger partial charge in [-0.1, -0.05) is 0 Å². The second kappa shape index (κ2) is 4.12. The maximum Gasteiger partial charge on any atom is 0.145 e. The molecular weight excluding hydrogens is 186 g/mol. The van der Waals surface area contributed by atoms with Gasteiger partial charge < -0.3 is 20.1 Å². The van der Waals surface area contributed by atoms with Gasteiger partial charge in [-0.25, -0.2) is 0 Å². The van der Waals surface area contributed by atoms with E-state index in [1.807, 2.05) is 13.8 Å². The molecule has 0 aromatic rings. The SMILES string of the molecule is CC(C)NC1(C)O[C@H](CO)[C@@H](O)[C@@H]1O. The Kier molecular flexibility index (Phi) is 3.49. The molecule has 5 heteroatoms. The van der Waals surface area contributed by atoms with Gasteiger partial charge in [-0.05, 0) is 20.8 Å². The van der Waals surface area contributed by atoms with E-state index in [0.717, 1.165) is 0 Å². The van der Waals surface area contributed by atoms with E-state index < -0.39 is 24.0 Å². The lowest BCUT2D eigenvalue weighted by molar-refractivity contribution is -0.105. The normalized spacial score (nSPS) is 43.5. The van der Waals surface area contributed by atoms with Crippen LogP contribution in [0.4, 0.5) is 0 Å². The molecule has 1 saturated heterocycles. The predicted molar refractivity (Wildman–Crippen MR) is 50.6 cm³/mol. The van der Waals surface area contributed by atoms with E-state index >= 15 is 0 Å². The van der Waals surface area contributed by atoms with E-state index in [4.69, 9.17) is 9.84 Å². The summed E-state index contributed by atoms with van der Waals surface area (Å²) in [7, 11) is 0. The van der Waals surface area contributed by atoms with Crippen molar-refractivity contribution in [3.05, 3.63) is 0 Å². The molecule has 84 valence electrons. The summed E-state index contributed by atoms with van der Waals surface area (Å²) in [6, 6.07) is 0.124. The zero-order chi connectivity index (χ0) is 10.9. The minimum Gasteiger partial charge on any atom is -0.394 e. The summed E-state index contributed by atoms with van der Waals surface area (Å²) in [6.07, 6.45) is -2.79. The summed E-state index contributed by atoms with van der Waals surface area (Å²) >= 11 is 0. The maximum atomic E-state index is 9.72. The van der Waals surface area contributed by atoms with E-state index in [9.17, 15) is 10.2 Å². The van der Waals surface area contributed by atoms with Gasteiger partial charge in [0.25, 0.3) is 0 Å². The quantitative estimate of drug-likeness (QED) is 0.466. The highest BCUT2D eigenvalue weighted by Gasteiger charge is 2.50. The van der Waals surface area contributed by atoms with Crippen LogP contribution in [0.5, 0.6) is 0 Å². The highest BCUT2D eigenvalue weighted by Crippen LogP contribution is 2.29. The predicted octanol–water partition coefficient (Wildman–Crippen LogP) is -1.19. The smallest absolute Gasteiger partial charge is 0.145 e. The largest absolute Gasteiger partial charge is 0.394 e. The highest BCUT2D eigenvalue weighted by atomic mass is 16.6. The van der Waals surface area contributed by atoms with Crippen LogP contribution >= 0.6 is 0 Å². The van der Waals surface area contributed by atoms with Crippen molar-refractivity contribution in [2.45, 2.75) is 50.8 Å². The Morgan fingerprint density at radius 1 is 1.43 bits per heavy atom. The zero-order valence-corrected chi connectivity index (χ0v) is 8.77. The van der Waals surface area contributed by atoms with E-state index in [1.54, 1.807) is 6.92 Å². The fourth-order valence-electron chi connectivity index (χ4n) is 1.82. The second-order valence-corrected chi connectivity index (χ2v) is 4.18. The number of hydrogen-bond acceptors (Lipinski definition) is 5. The summed E-state index contributed by atoms with van der Waals surface area (Å²) in [6.45, 7) is 5.20. The minimum atomic E-state index is -1.05. The first-order valence-electron chi connectivity index (χ1n) is 4.83. The van der Waals surface area contributed by atoms with Gasteiger partial charge in [-0.15, -0.1) is 0 Å². The molecule has 0 amide bonds. The Hall–Kier alpha value is -0.200. The van der Waals surface area contributed by atoms with Gasteiger partial charge in [0.05, 0.1) is 6.61 Å². The summed E-state index contributed by atoms with van der Waals surface area (Å²) in [5.41, 5.74) is -0.985. The lowest BCUT2D eigenvalue weighted by Gasteiger charge is -2.31. The lowest BCUT2D eigenvalue weighted by Crippen LogP contribution is -2.54. The molecular formula is C9H19NO4. The van der Waals surface area contributed by atoms with Gasteiger partial charge >= 0.3 is 0 Å². The molecule has 0 spiro atoms. The Balaban J connectivity index is 2.71. The molecule has 0 radical (unpaired) electrons. The average molecular weight is 205 g/mol. The molecule has 1 fully saturated rings. The number of aliphatic hydroxyl groups is 3. The summed E-state index contributed by atoms with van der Waals surface area (Å²) in [4.78, 5) is 0. The zero-order valence-electron chi connectivity index (χ0n) is 8.77. The third-order valence-electron chi connectivity index (χ3n) is 2.42. The van der Waals surface area contributed by atoms with Crippen molar-refractivity contribution in [3.8, 4) is 0 Å². The van der Waals surface area contributed by atoms with Crippen molar-refractivity contribution in [1.29, 1.82) is 0 Å². The molecule has 1 aliphatic rings. The third kappa shape index (κ3) is 2.07. The number of aliphatic hydroxyl groups excluding tert-OH is 3. The van der Waals surface area contributed by atoms with Gasteiger partial charge in [0.15, 0.2) is 0 Å². The van der Waals surface area contributed by atoms with Crippen molar-refractivity contribution in [2.75, 3.05) is 6.61 Å². The van der Waals surface area contributed by atoms with Crippen molar-refractivity contribution in [2.24, 2.45) is 0 Å². The first kappa shape index (κ1) is 11.9. The Labute approximate surface area is 83.7 Å². The molecule has 1 unspecified atom stereocenters. The summed E-state index contributed by atoms with van der Waals surface area (Å²) in [5, 5.41) is 31.2. The molecule has 1 rings (SSSR count). The van der Waals surface area contributed by atoms with Crippen LogP contribution < -0.4 is 5.32 Å². The molecule has 14 heavy (non-hydrogen) atoms. The number of hydrogen-bond donors (Lipinski definition) is 4. The molecule has 0 saturated carbocycles. The van der Waals surface area contributed by atoms with Gasteiger partial charge in [-0.2, -0.15) is 0 Å². The van der Waals surface area contributed by atoms with Gasteiger partial charge in [-0.3, -0.25) is 5.32 Å². The molecule has 0 bridgehead atoms. The Morgan fingerprint density at radius 3 is 2.36 bits per heavy atom. The fraction of sp³-hybridized carbons (Fsp3) is 1.00. The minimum absolute atomic E-state index is 0.124. The van der Waals surface area contributed by atoms with E-state index in [2.05, 4.69) is 5.32 Å². The Morgan fingerprint density at radius 2 is 2.00 bits per heavy atom. The van der Waals surface area contributed by atoms with Crippen molar-refractivity contribution >= 4 is 0 Å². The molecule has 4 atom stereocenters. The van der Waals surface area contributed by atoms with Crippen molar-refractivity contribution in [3.63, 3.8) is 0 Å². The summed E-state index contributed by atoms with van der Waals surface area (Å²) in [5.74, 6) is 0. The van der Waals surface area contributed by atoms with Gasteiger partial charge in [0, 0.05) is 6.04 Å². The molecule has 0 aliphatic carbocycles. The second-order valence-electron chi connectivity index (χ2n) is 4.18. The van der Waals surface area contributed by atoms with Crippen LogP contribution in [0.15, 0.2) is 0 Å². The summed E-state index contributed by atoms with van der Waals surface area (Å²) < 4.78 is 5.37. The van der Waals surface area contributed by atoms with Crippen LogP contribution in [-0.2, 0) is 4.74 Å². The van der Waals surface area contributed by atoms with Crippen molar-refractivity contribution < 1.29 is 20.1 Å².